The number of rotatable bonds is 6. The molecule has 1 aromatic heterocycles. The number of thiophene rings is 1. The van der Waals surface area contributed by atoms with E-state index < -0.39 is 5.97 Å². The summed E-state index contributed by atoms with van der Waals surface area (Å²) >= 11 is 1.20. The van der Waals surface area contributed by atoms with E-state index in [9.17, 15) is 14.4 Å². The van der Waals surface area contributed by atoms with Gasteiger partial charge in [0.1, 0.15) is 0 Å². The fourth-order valence-corrected chi connectivity index (χ4v) is 3.34. The Morgan fingerprint density at radius 1 is 1.33 bits per heavy atom. The Bertz CT molecular complexity index is 563. The Kier molecular flexibility index (Phi) is 4.62. The van der Waals surface area contributed by atoms with Crippen LogP contribution in [0, 0.1) is 5.41 Å². The molecule has 7 heteroatoms. The molecule has 1 aromatic rings. The van der Waals surface area contributed by atoms with Crippen LogP contribution in [0.5, 0.6) is 0 Å². The summed E-state index contributed by atoms with van der Waals surface area (Å²) in [4.78, 5) is 34.4. The Morgan fingerprint density at radius 2 is 2.05 bits per heavy atom. The standard InChI is InChI=1S/C14H18N2O4S/c1-9(17)16-11-4-3-10(21-11)13(20)15-8-14(5-2-6-14)7-12(18)19/h3-4H,2,5-8H2,1H3,(H,15,20)(H,16,17)(H,18,19). The van der Waals surface area contributed by atoms with Gasteiger partial charge >= 0.3 is 5.97 Å². The zero-order chi connectivity index (χ0) is 15.5. The average molecular weight is 310 g/mol. The summed E-state index contributed by atoms with van der Waals surface area (Å²) in [5.74, 6) is -1.24. The molecular weight excluding hydrogens is 292 g/mol. The first-order valence-electron chi connectivity index (χ1n) is 6.78. The van der Waals surface area contributed by atoms with Gasteiger partial charge in [0.15, 0.2) is 0 Å². The van der Waals surface area contributed by atoms with Gasteiger partial charge in [0, 0.05) is 13.5 Å². The Morgan fingerprint density at radius 3 is 2.57 bits per heavy atom. The fourth-order valence-electron chi connectivity index (χ4n) is 2.47. The van der Waals surface area contributed by atoms with E-state index in [1.54, 1.807) is 12.1 Å². The van der Waals surface area contributed by atoms with Gasteiger partial charge in [-0.2, -0.15) is 0 Å². The zero-order valence-corrected chi connectivity index (χ0v) is 12.6. The first-order valence-corrected chi connectivity index (χ1v) is 7.59. The SMILES string of the molecule is CC(=O)Nc1ccc(C(=O)NCC2(CC(=O)O)CCC2)s1. The minimum absolute atomic E-state index is 0.0921. The van der Waals surface area contributed by atoms with Crippen molar-refractivity contribution in [1.29, 1.82) is 0 Å². The number of carboxylic acid groups (broad SMARTS) is 1. The van der Waals surface area contributed by atoms with Crippen LogP contribution in [0.25, 0.3) is 0 Å². The lowest BCUT2D eigenvalue weighted by Gasteiger charge is -2.40. The number of amides is 2. The van der Waals surface area contributed by atoms with Crippen LogP contribution >= 0.6 is 11.3 Å². The molecule has 0 aliphatic heterocycles. The maximum absolute atomic E-state index is 12.1. The third-order valence-electron chi connectivity index (χ3n) is 3.69. The van der Waals surface area contributed by atoms with Crippen molar-refractivity contribution in [3.8, 4) is 0 Å². The molecule has 1 fully saturated rings. The molecule has 0 spiro atoms. The van der Waals surface area contributed by atoms with E-state index in [1.807, 2.05) is 0 Å². The first-order chi connectivity index (χ1) is 9.90. The molecule has 3 N–H and O–H groups in total. The number of carbonyl (C=O) groups is 3. The van der Waals surface area contributed by atoms with E-state index in [0.29, 0.717) is 16.4 Å². The predicted molar refractivity (Wildman–Crippen MR) is 79.5 cm³/mol. The number of nitrogens with one attached hydrogen (secondary N) is 2. The molecule has 21 heavy (non-hydrogen) atoms. The summed E-state index contributed by atoms with van der Waals surface area (Å²) in [5, 5.41) is 15.0. The van der Waals surface area contributed by atoms with E-state index in [1.165, 1.54) is 18.3 Å². The molecule has 6 nitrogen and oxygen atoms in total. The highest BCUT2D eigenvalue weighted by molar-refractivity contribution is 7.18. The lowest BCUT2D eigenvalue weighted by molar-refractivity contribution is -0.141. The summed E-state index contributed by atoms with van der Waals surface area (Å²) in [5.41, 5.74) is -0.292. The van der Waals surface area contributed by atoms with Gasteiger partial charge in [-0.3, -0.25) is 14.4 Å². The van der Waals surface area contributed by atoms with Crippen molar-refractivity contribution in [2.75, 3.05) is 11.9 Å². The van der Waals surface area contributed by atoms with Crippen molar-refractivity contribution in [2.24, 2.45) is 5.41 Å². The van der Waals surface area contributed by atoms with Crippen molar-refractivity contribution >= 4 is 34.1 Å². The molecule has 0 aromatic carbocycles. The second kappa shape index (κ2) is 6.26. The summed E-state index contributed by atoms with van der Waals surface area (Å²) < 4.78 is 0. The molecule has 0 radical (unpaired) electrons. The van der Waals surface area contributed by atoms with E-state index in [2.05, 4.69) is 10.6 Å². The monoisotopic (exact) mass is 310 g/mol. The van der Waals surface area contributed by atoms with Gasteiger partial charge in [-0.25, -0.2) is 0 Å². The van der Waals surface area contributed by atoms with Crippen molar-refractivity contribution in [3.05, 3.63) is 17.0 Å². The molecule has 1 aliphatic carbocycles. The molecule has 2 rings (SSSR count). The second-order valence-corrected chi connectivity index (χ2v) is 6.54. The molecule has 114 valence electrons. The van der Waals surface area contributed by atoms with Gasteiger partial charge in [-0.05, 0) is 30.4 Å². The van der Waals surface area contributed by atoms with Crippen LogP contribution in [-0.4, -0.2) is 29.4 Å². The van der Waals surface area contributed by atoms with Gasteiger partial charge in [0.25, 0.3) is 5.91 Å². The highest BCUT2D eigenvalue weighted by Crippen LogP contribution is 2.43. The summed E-state index contributed by atoms with van der Waals surface area (Å²) in [6.45, 7) is 1.79. The second-order valence-electron chi connectivity index (χ2n) is 5.45. The molecule has 1 aliphatic rings. The first kappa shape index (κ1) is 15.5. The normalized spacial score (nSPS) is 15.9. The molecule has 1 heterocycles. The number of carbonyl (C=O) groups excluding carboxylic acids is 2. The van der Waals surface area contributed by atoms with Crippen molar-refractivity contribution in [1.82, 2.24) is 5.32 Å². The fraction of sp³-hybridized carbons (Fsp3) is 0.500. The van der Waals surface area contributed by atoms with E-state index in [4.69, 9.17) is 5.11 Å². The number of hydrogen-bond donors (Lipinski definition) is 3. The van der Waals surface area contributed by atoms with Gasteiger partial charge < -0.3 is 15.7 Å². The Labute approximate surface area is 126 Å². The zero-order valence-electron chi connectivity index (χ0n) is 11.8. The summed E-state index contributed by atoms with van der Waals surface area (Å²) in [6, 6.07) is 3.33. The smallest absolute Gasteiger partial charge is 0.303 e. The summed E-state index contributed by atoms with van der Waals surface area (Å²) in [7, 11) is 0. The number of carboxylic acids is 1. The molecule has 1 saturated carbocycles. The number of hydrogen-bond acceptors (Lipinski definition) is 4. The third-order valence-corrected chi connectivity index (χ3v) is 4.69. The highest BCUT2D eigenvalue weighted by atomic mass is 32.1. The largest absolute Gasteiger partial charge is 0.481 e. The molecule has 0 bridgehead atoms. The lowest BCUT2D eigenvalue weighted by atomic mass is 9.66. The van der Waals surface area contributed by atoms with Crippen LogP contribution in [0.4, 0.5) is 5.00 Å². The molecule has 0 atom stereocenters. The molecule has 0 unspecified atom stereocenters. The van der Waals surface area contributed by atoms with Crippen molar-refractivity contribution < 1.29 is 19.5 Å². The topological polar surface area (TPSA) is 95.5 Å². The third kappa shape index (κ3) is 4.04. The number of anilines is 1. The van der Waals surface area contributed by atoms with E-state index in [-0.39, 0.29) is 23.7 Å². The maximum atomic E-state index is 12.1. The molecular formula is C14H18N2O4S. The highest BCUT2D eigenvalue weighted by Gasteiger charge is 2.39. The molecule has 0 saturated heterocycles. The quantitative estimate of drug-likeness (QED) is 0.749. The molecule has 2 amide bonds. The van der Waals surface area contributed by atoms with Gasteiger partial charge in [-0.15, -0.1) is 11.3 Å². The summed E-state index contributed by atoms with van der Waals surface area (Å²) in [6.07, 6.45) is 2.77. The minimum Gasteiger partial charge on any atom is -0.481 e. The van der Waals surface area contributed by atoms with Crippen LogP contribution in [0.3, 0.4) is 0 Å². The van der Waals surface area contributed by atoms with E-state index >= 15 is 0 Å². The van der Waals surface area contributed by atoms with Crippen LogP contribution < -0.4 is 10.6 Å². The average Bonchev–Trinajstić information content (AvgIpc) is 2.79. The number of aliphatic carboxylic acids is 1. The Hall–Kier alpha value is -1.89. The van der Waals surface area contributed by atoms with Gasteiger partial charge in [0.05, 0.1) is 16.3 Å². The lowest BCUT2D eigenvalue weighted by Crippen LogP contribution is -2.43. The van der Waals surface area contributed by atoms with Crippen LogP contribution in [0.15, 0.2) is 12.1 Å². The predicted octanol–water partition coefficient (Wildman–Crippen LogP) is 2.08. The van der Waals surface area contributed by atoms with Crippen LogP contribution in [-0.2, 0) is 9.59 Å². The van der Waals surface area contributed by atoms with Crippen molar-refractivity contribution in [3.63, 3.8) is 0 Å². The Balaban J connectivity index is 1.90. The van der Waals surface area contributed by atoms with Crippen LogP contribution in [0.2, 0.25) is 0 Å². The maximum Gasteiger partial charge on any atom is 0.303 e. The van der Waals surface area contributed by atoms with Crippen molar-refractivity contribution in [2.45, 2.75) is 32.6 Å². The van der Waals surface area contributed by atoms with Gasteiger partial charge in [0.2, 0.25) is 5.91 Å². The van der Waals surface area contributed by atoms with E-state index in [0.717, 1.165) is 19.3 Å². The van der Waals surface area contributed by atoms with Gasteiger partial charge in [-0.1, -0.05) is 6.42 Å². The minimum atomic E-state index is -0.826. The van der Waals surface area contributed by atoms with Crippen LogP contribution in [0.1, 0.15) is 42.3 Å².